The van der Waals surface area contributed by atoms with Gasteiger partial charge in [-0.3, -0.25) is 5.32 Å². The average Bonchev–Trinajstić information content (AvgIpc) is 2.52. The summed E-state index contributed by atoms with van der Waals surface area (Å²) >= 11 is 0. The number of carbonyl (C=O) groups excluding carboxylic acids is 2. The van der Waals surface area contributed by atoms with Gasteiger partial charge < -0.3 is 14.4 Å². The van der Waals surface area contributed by atoms with Crippen LogP contribution in [-0.2, 0) is 9.47 Å². The zero-order valence-corrected chi connectivity index (χ0v) is 18.4. The second-order valence-electron chi connectivity index (χ2n) is 10.1. The standard InChI is InChI=1S/C21H37N3O4/c1-19(2,3)27-17(25)22-16(23-18(26)28-20(4,5)6)24-14-12-21(13-15-24)10-8-7-9-11-21/h7-15H2,1-6H3,(H,22,23,25,26). The fourth-order valence-corrected chi connectivity index (χ4v) is 3.94. The van der Waals surface area contributed by atoms with Crippen LogP contribution in [0.25, 0.3) is 0 Å². The molecule has 0 aromatic carbocycles. The highest BCUT2D eigenvalue weighted by Gasteiger charge is 2.37. The fourth-order valence-electron chi connectivity index (χ4n) is 3.94. The van der Waals surface area contributed by atoms with Gasteiger partial charge in [0.25, 0.3) is 0 Å². The average molecular weight is 396 g/mol. The SMILES string of the molecule is CC(C)(C)OC(=O)/N=C(\NC(=O)OC(C)(C)C)N1CCC2(CCCCC2)CC1. The molecule has 0 bridgehead atoms. The van der Waals surface area contributed by atoms with E-state index in [1.54, 1.807) is 41.5 Å². The third-order valence-corrected chi connectivity index (χ3v) is 5.24. The quantitative estimate of drug-likeness (QED) is 0.468. The molecule has 1 heterocycles. The Kier molecular flexibility index (Phi) is 6.99. The van der Waals surface area contributed by atoms with Gasteiger partial charge in [-0.15, -0.1) is 4.99 Å². The molecule has 28 heavy (non-hydrogen) atoms. The van der Waals surface area contributed by atoms with Crippen LogP contribution >= 0.6 is 0 Å². The fraction of sp³-hybridized carbons (Fsp3) is 0.857. The maximum atomic E-state index is 12.3. The van der Waals surface area contributed by atoms with Gasteiger partial charge in [0.15, 0.2) is 0 Å². The van der Waals surface area contributed by atoms with Crippen LogP contribution in [0.2, 0.25) is 0 Å². The number of hydrogen-bond donors (Lipinski definition) is 1. The molecular weight excluding hydrogens is 358 g/mol. The number of ether oxygens (including phenoxy) is 2. The van der Waals surface area contributed by atoms with E-state index in [2.05, 4.69) is 10.3 Å². The molecule has 0 aromatic heterocycles. The number of carbonyl (C=O) groups is 2. The number of piperidine rings is 1. The van der Waals surface area contributed by atoms with E-state index in [0.29, 0.717) is 5.41 Å². The molecule has 0 atom stereocenters. The summed E-state index contributed by atoms with van der Waals surface area (Å²) in [6, 6.07) is 0. The maximum Gasteiger partial charge on any atom is 0.437 e. The van der Waals surface area contributed by atoms with Crippen LogP contribution in [0.4, 0.5) is 9.59 Å². The number of likely N-dealkylation sites (tertiary alicyclic amines) is 1. The maximum absolute atomic E-state index is 12.3. The second kappa shape index (κ2) is 8.70. The zero-order chi connectivity index (χ0) is 21.0. The first-order chi connectivity index (χ1) is 12.9. The van der Waals surface area contributed by atoms with Crippen molar-refractivity contribution in [3.8, 4) is 0 Å². The lowest BCUT2D eigenvalue weighted by Gasteiger charge is -2.44. The van der Waals surface area contributed by atoms with Crippen LogP contribution in [0.1, 0.15) is 86.5 Å². The first-order valence-electron chi connectivity index (χ1n) is 10.4. The molecule has 1 spiro atoms. The van der Waals surface area contributed by atoms with Crippen molar-refractivity contribution in [1.29, 1.82) is 0 Å². The van der Waals surface area contributed by atoms with E-state index < -0.39 is 23.4 Å². The van der Waals surface area contributed by atoms with Gasteiger partial charge >= 0.3 is 12.2 Å². The van der Waals surface area contributed by atoms with Crippen molar-refractivity contribution in [2.75, 3.05) is 13.1 Å². The number of guanidine groups is 1. The van der Waals surface area contributed by atoms with Gasteiger partial charge in [0.1, 0.15) is 11.2 Å². The van der Waals surface area contributed by atoms with Crippen molar-refractivity contribution in [3.63, 3.8) is 0 Å². The Morgan fingerprint density at radius 1 is 0.857 bits per heavy atom. The first kappa shape index (κ1) is 22.5. The lowest BCUT2D eigenvalue weighted by Crippen LogP contribution is -2.51. The molecule has 0 aromatic rings. The van der Waals surface area contributed by atoms with E-state index >= 15 is 0 Å². The summed E-state index contributed by atoms with van der Waals surface area (Å²) in [7, 11) is 0. The molecule has 7 heteroatoms. The summed E-state index contributed by atoms with van der Waals surface area (Å²) in [6.07, 6.45) is 7.26. The van der Waals surface area contributed by atoms with E-state index in [9.17, 15) is 9.59 Å². The third kappa shape index (κ3) is 7.32. The number of nitrogens with one attached hydrogen (secondary N) is 1. The van der Waals surface area contributed by atoms with Crippen LogP contribution in [0.15, 0.2) is 4.99 Å². The highest BCUT2D eigenvalue weighted by Crippen LogP contribution is 2.44. The summed E-state index contributed by atoms with van der Waals surface area (Å²) in [6.45, 7) is 12.3. The van der Waals surface area contributed by atoms with Gasteiger partial charge in [-0.1, -0.05) is 19.3 Å². The second-order valence-corrected chi connectivity index (χ2v) is 10.1. The molecule has 0 unspecified atom stereocenters. The molecule has 1 aliphatic carbocycles. The molecule has 7 nitrogen and oxygen atoms in total. The topological polar surface area (TPSA) is 80.2 Å². The molecule has 0 radical (unpaired) electrons. The highest BCUT2D eigenvalue weighted by molar-refractivity contribution is 5.99. The van der Waals surface area contributed by atoms with E-state index in [1.807, 2.05) is 4.90 Å². The van der Waals surface area contributed by atoms with Crippen molar-refractivity contribution in [3.05, 3.63) is 0 Å². The molecule has 160 valence electrons. The number of amides is 2. The van der Waals surface area contributed by atoms with Gasteiger partial charge in [-0.25, -0.2) is 9.59 Å². The van der Waals surface area contributed by atoms with E-state index in [-0.39, 0.29) is 5.96 Å². The van der Waals surface area contributed by atoms with Crippen LogP contribution in [-0.4, -0.2) is 47.3 Å². The molecule has 1 saturated carbocycles. The van der Waals surface area contributed by atoms with E-state index in [0.717, 1.165) is 25.9 Å². The Hall–Kier alpha value is -1.79. The van der Waals surface area contributed by atoms with Gasteiger partial charge in [0, 0.05) is 13.1 Å². The van der Waals surface area contributed by atoms with Crippen LogP contribution in [0.5, 0.6) is 0 Å². The molecule has 2 aliphatic rings. The molecule has 1 aliphatic heterocycles. The normalized spacial score (nSPS) is 20.6. The summed E-state index contributed by atoms with van der Waals surface area (Å²) in [5, 5.41) is 2.67. The minimum atomic E-state index is -0.712. The van der Waals surface area contributed by atoms with Crippen LogP contribution < -0.4 is 5.32 Å². The van der Waals surface area contributed by atoms with Gasteiger partial charge in [0.2, 0.25) is 5.96 Å². The smallest absolute Gasteiger partial charge is 0.437 e. The first-order valence-corrected chi connectivity index (χ1v) is 10.4. The van der Waals surface area contributed by atoms with Gasteiger partial charge in [0.05, 0.1) is 0 Å². The molecule has 2 amide bonds. The number of hydrogen-bond acceptors (Lipinski definition) is 4. The number of aliphatic imine (C=N–C) groups is 1. The number of nitrogens with zero attached hydrogens (tertiary/aromatic N) is 2. The molecule has 2 rings (SSSR count). The zero-order valence-electron chi connectivity index (χ0n) is 18.4. The molecular formula is C21H37N3O4. The van der Waals surface area contributed by atoms with E-state index in [1.165, 1.54) is 32.1 Å². The number of rotatable bonds is 0. The molecule has 2 fully saturated rings. The summed E-state index contributed by atoms with van der Waals surface area (Å²) in [4.78, 5) is 30.6. The molecule has 1 N–H and O–H groups in total. The van der Waals surface area contributed by atoms with Crippen molar-refractivity contribution in [1.82, 2.24) is 10.2 Å². The van der Waals surface area contributed by atoms with Crippen LogP contribution in [0.3, 0.4) is 0 Å². The highest BCUT2D eigenvalue weighted by atomic mass is 16.6. The Morgan fingerprint density at radius 2 is 1.39 bits per heavy atom. The Labute approximate surface area is 169 Å². The van der Waals surface area contributed by atoms with Crippen LogP contribution in [0, 0.1) is 5.41 Å². The minimum Gasteiger partial charge on any atom is -0.444 e. The van der Waals surface area contributed by atoms with Crippen molar-refractivity contribution in [2.24, 2.45) is 10.4 Å². The van der Waals surface area contributed by atoms with Crippen molar-refractivity contribution in [2.45, 2.75) is 97.7 Å². The Balaban J connectivity index is 2.09. The Bertz CT molecular complexity index is 586. The Morgan fingerprint density at radius 3 is 1.89 bits per heavy atom. The third-order valence-electron chi connectivity index (χ3n) is 5.24. The van der Waals surface area contributed by atoms with Crippen molar-refractivity contribution < 1.29 is 19.1 Å². The lowest BCUT2D eigenvalue weighted by molar-refractivity contribution is 0.0542. The number of alkyl carbamates (subject to hydrolysis) is 1. The molecule has 1 saturated heterocycles. The summed E-state index contributed by atoms with van der Waals surface area (Å²) < 4.78 is 10.6. The minimum absolute atomic E-state index is 0.217. The van der Waals surface area contributed by atoms with Crippen molar-refractivity contribution >= 4 is 18.1 Å². The summed E-state index contributed by atoms with van der Waals surface area (Å²) in [5.74, 6) is 0.217. The van der Waals surface area contributed by atoms with Gasteiger partial charge in [-0.2, -0.15) is 0 Å². The lowest BCUT2D eigenvalue weighted by atomic mass is 9.68. The van der Waals surface area contributed by atoms with Gasteiger partial charge in [-0.05, 0) is 72.6 Å². The largest absolute Gasteiger partial charge is 0.444 e. The van der Waals surface area contributed by atoms with E-state index in [4.69, 9.17) is 9.47 Å². The predicted octanol–water partition coefficient (Wildman–Crippen LogP) is 4.85. The predicted molar refractivity (Wildman–Crippen MR) is 109 cm³/mol. The summed E-state index contributed by atoms with van der Waals surface area (Å²) in [5.41, 5.74) is -0.863. The monoisotopic (exact) mass is 395 g/mol.